The van der Waals surface area contributed by atoms with E-state index in [1.165, 1.54) is 0 Å². The molecule has 0 unspecified atom stereocenters. The van der Waals surface area contributed by atoms with Gasteiger partial charge in [0.05, 0.1) is 18.2 Å². The molecule has 0 saturated carbocycles. The first-order valence-corrected chi connectivity index (χ1v) is 8.64. The fourth-order valence-corrected chi connectivity index (χ4v) is 2.88. The SMILES string of the molecule is CNC(=O)c1cccc(CNC(=O)c2cc(Cl)c3c(c2)OCCCO3)c1. The molecule has 1 aliphatic heterocycles. The van der Waals surface area contributed by atoms with Gasteiger partial charge in [-0.15, -0.1) is 0 Å². The molecule has 0 atom stereocenters. The summed E-state index contributed by atoms with van der Waals surface area (Å²) in [7, 11) is 1.57. The largest absolute Gasteiger partial charge is 0.489 e. The van der Waals surface area contributed by atoms with Crippen LogP contribution in [0.2, 0.25) is 5.02 Å². The first-order valence-electron chi connectivity index (χ1n) is 8.27. The number of halogens is 1. The number of rotatable bonds is 4. The third-order valence-corrected chi connectivity index (χ3v) is 4.21. The van der Waals surface area contributed by atoms with Crippen molar-refractivity contribution in [3.8, 4) is 11.5 Å². The van der Waals surface area contributed by atoms with Crippen LogP contribution in [0.15, 0.2) is 36.4 Å². The number of benzene rings is 2. The molecule has 1 aliphatic rings. The molecular weight excluding hydrogens is 356 g/mol. The highest BCUT2D eigenvalue weighted by molar-refractivity contribution is 6.32. The Balaban J connectivity index is 1.72. The molecule has 0 spiro atoms. The van der Waals surface area contributed by atoms with Gasteiger partial charge in [0.1, 0.15) is 0 Å². The molecule has 136 valence electrons. The molecule has 2 aromatic carbocycles. The number of hydrogen-bond donors (Lipinski definition) is 2. The monoisotopic (exact) mass is 374 g/mol. The summed E-state index contributed by atoms with van der Waals surface area (Å²) < 4.78 is 11.2. The lowest BCUT2D eigenvalue weighted by Crippen LogP contribution is -2.23. The Morgan fingerprint density at radius 2 is 1.88 bits per heavy atom. The first-order chi connectivity index (χ1) is 12.6. The molecule has 26 heavy (non-hydrogen) atoms. The third-order valence-electron chi connectivity index (χ3n) is 3.93. The summed E-state index contributed by atoms with van der Waals surface area (Å²) in [5, 5.41) is 5.74. The van der Waals surface area contributed by atoms with E-state index in [0.717, 1.165) is 12.0 Å². The van der Waals surface area contributed by atoms with E-state index in [-0.39, 0.29) is 18.4 Å². The van der Waals surface area contributed by atoms with Crippen molar-refractivity contribution in [1.82, 2.24) is 10.6 Å². The Labute approximate surface area is 156 Å². The quantitative estimate of drug-likeness (QED) is 0.862. The van der Waals surface area contributed by atoms with Crippen molar-refractivity contribution >= 4 is 23.4 Å². The Bertz CT molecular complexity index is 838. The van der Waals surface area contributed by atoms with Crippen molar-refractivity contribution in [3.63, 3.8) is 0 Å². The van der Waals surface area contributed by atoms with Crippen molar-refractivity contribution in [1.29, 1.82) is 0 Å². The fourth-order valence-electron chi connectivity index (χ4n) is 2.61. The first kappa shape index (κ1) is 18.1. The van der Waals surface area contributed by atoms with Crippen molar-refractivity contribution in [2.45, 2.75) is 13.0 Å². The summed E-state index contributed by atoms with van der Waals surface area (Å²) in [5.41, 5.74) is 1.75. The average Bonchev–Trinajstić information content (AvgIpc) is 2.91. The van der Waals surface area contributed by atoms with E-state index >= 15 is 0 Å². The standard InChI is InChI=1S/C19H19ClN2O4/c1-21-18(23)13-5-2-4-12(8-13)11-22-19(24)14-9-15(20)17-16(10-14)25-6-3-7-26-17/h2,4-5,8-10H,3,6-7,11H2,1H3,(H,21,23)(H,22,24). The van der Waals surface area contributed by atoms with Crippen LogP contribution in [0.5, 0.6) is 11.5 Å². The van der Waals surface area contributed by atoms with Crippen LogP contribution >= 0.6 is 11.6 Å². The molecule has 7 heteroatoms. The van der Waals surface area contributed by atoms with E-state index in [4.69, 9.17) is 21.1 Å². The highest BCUT2D eigenvalue weighted by Gasteiger charge is 2.18. The molecule has 0 radical (unpaired) electrons. The molecular formula is C19H19ClN2O4. The lowest BCUT2D eigenvalue weighted by molar-refractivity contribution is 0.0948. The van der Waals surface area contributed by atoms with Gasteiger partial charge >= 0.3 is 0 Å². The minimum Gasteiger partial charge on any atom is -0.489 e. The van der Waals surface area contributed by atoms with Crippen LogP contribution in [0.3, 0.4) is 0 Å². The van der Waals surface area contributed by atoms with E-state index in [1.807, 2.05) is 6.07 Å². The highest BCUT2D eigenvalue weighted by atomic mass is 35.5. The smallest absolute Gasteiger partial charge is 0.251 e. The van der Waals surface area contributed by atoms with Crippen molar-refractivity contribution in [3.05, 3.63) is 58.1 Å². The molecule has 0 bridgehead atoms. The molecule has 6 nitrogen and oxygen atoms in total. The van der Waals surface area contributed by atoms with Gasteiger partial charge in [0.2, 0.25) is 0 Å². The summed E-state index contributed by atoms with van der Waals surface area (Å²) in [6.45, 7) is 1.33. The number of amides is 2. The summed E-state index contributed by atoms with van der Waals surface area (Å²) in [6, 6.07) is 10.3. The lowest BCUT2D eigenvalue weighted by Gasteiger charge is -2.12. The predicted molar refractivity (Wildman–Crippen MR) is 98.1 cm³/mol. The average molecular weight is 375 g/mol. The van der Waals surface area contributed by atoms with Crippen LogP contribution < -0.4 is 20.1 Å². The normalized spacial score (nSPS) is 12.8. The van der Waals surface area contributed by atoms with Crippen molar-refractivity contribution < 1.29 is 19.1 Å². The number of fused-ring (bicyclic) bond motifs is 1. The van der Waals surface area contributed by atoms with E-state index in [2.05, 4.69) is 10.6 Å². The minimum atomic E-state index is -0.284. The molecule has 2 amide bonds. The summed E-state index contributed by atoms with van der Waals surface area (Å²) in [4.78, 5) is 24.2. The van der Waals surface area contributed by atoms with Crippen LogP contribution in [0, 0.1) is 0 Å². The zero-order chi connectivity index (χ0) is 18.5. The molecule has 1 heterocycles. The summed E-state index contributed by atoms with van der Waals surface area (Å²) >= 11 is 6.22. The van der Waals surface area contributed by atoms with Gasteiger partial charge in [0.25, 0.3) is 11.8 Å². The molecule has 0 fully saturated rings. The zero-order valence-electron chi connectivity index (χ0n) is 14.3. The van der Waals surface area contributed by atoms with Crippen LogP contribution in [0.25, 0.3) is 0 Å². The molecule has 0 aromatic heterocycles. The Hall–Kier alpha value is -2.73. The Morgan fingerprint density at radius 3 is 2.69 bits per heavy atom. The molecule has 2 aromatic rings. The predicted octanol–water partition coefficient (Wildman–Crippen LogP) is 2.79. The second kappa shape index (κ2) is 8.10. The molecule has 3 rings (SSSR count). The maximum Gasteiger partial charge on any atom is 0.251 e. The van der Waals surface area contributed by atoms with Crippen molar-refractivity contribution in [2.75, 3.05) is 20.3 Å². The lowest BCUT2D eigenvalue weighted by atomic mass is 10.1. The number of hydrogen-bond acceptors (Lipinski definition) is 4. The van der Waals surface area contributed by atoms with Crippen LogP contribution in [0.4, 0.5) is 0 Å². The topological polar surface area (TPSA) is 76.7 Å². The van der Waals surface area contributed by atoms with Gasteiger partial charge in [-0.3, -0.25) is 9.59 Å². The molecule has 0 saturated heterocycles. The number of carbonyl (C=O) groups excluding carboxylic acids is 2. The van der Waals surface area contributed by atoms with Gasteiger partial charge < -0.3 is 20.1 Å². The second-order valence-corrected chi connectivity index (χ2v) is 6.21. The van der Waals surface area contributed by atoms with Crippen LogP contribution in [-0.2, 0) is 6.54 Å². The van der Waals surface area contributed by atoms with Gasteiger partial charge in [-0.05, 0) is 29.8 Å². The van der Waals surface area contributed by atoms with E-state index in [9.17, 15) is 9.59 Å². The maximum atomic E-state index is 12.5. The van der Waals surface area contributed by atoms with Gasteiger partial charge in [-0.2, -0.15) is 0 Å². The van der Waals surface area contributed by atoms with Gasteiger partial charge in [-0.25, -0.2) is 0 Å². The van der Waals surface area contributed by atoms with E-state index in [1.54, 1.807) is 37.4 Å². The van der Waals surface area contributed by atoms with Crippen molar-refractivity contribution in [2.24, 2.45) is 0 Å². The third kappa shape index (κ3) is 4.08. The Kier molecular flexibility index (Phi) is 5.63. The van der Waals surface area contributed by atoms with Gasteiger partial charge in [-0.1, -0.05) is 23.7 Å². The van der Waals surface area contributed by atoms with Crippen LogP contribution in [-0.4, -0.2) is 32.1 Å². The summed E-state index contributed by atoms with van der Waals surface area (Å²) in [5.74, 6) is 0.488. The molecule has 0 aliphatic carbocycles. The van der Waals surface area contributed by atoms with Gasteiger partial charge in [0.15, 0.2) is 11.5 Å². The number of nitrogens with one attached hydrogen (secondary N) is 2. The number of ether oxygens (including phenoxy) is 2. The highest BCUT2D eigenvalue weighted by Crippen LogP contribution is 2.37. The summed E-state index contributed by atoms with van der Waals surface area (Å²) in [6.07, 6.45) is 0.758. The van der Waals surface area contributed by atoms with Crippen LogP contribution in [0.1, 0.15) is 32.7 Å². The maximum absolute atomic E-state index is 12.5. The minimum absolute atomic E-state index is 0.173. The van der Waals surface area contributed by atoms with E-state index in [0.29, 0.717) is 40.9 Å². The van der Waals surface area contributed by atoms with Gasteiger partial charge in [0, 0.05) is 31.1 Å². The number of carbonyl (C=O) groups is 2. The zero-order valence-corrected chi connectivity index (χ0v) is 15.1. The fraction of sp³-hybridized carbons (Fsp3) is 0.263. The molecule has 2 N–H and O–H groups in total. The van der Waals surface area contributed by atoms with E-state index < -0.39 is 0 Å². The Morgan fingerprint density at radius 1 is 1.08 bits per heavy atom. The second-order valence-electron chi connectivity index (χ2n) is 5.80.